The molecule has 1 saturated carbocycles. The van der Waals surface area contributed by atoms with Gasteiger partial charge < -0.3 is 20.5 Å². The molecule has 1 aliphatic carbocycles. The van der Waals surface area contributed by atoms with Crippen LogP contribution in [0.4, 0.5) is 5.69 Å². The number of anilines is 1. The van der Waals surface area contributed by atoms with E-state index in [0.717, 1.165) is 37.8 Å². The maximum Gasteiger partial charge on any atom is 0.263 e. The first kappa shape index (κ1) is 14.2. The third-order valence-corrected chi connectivity index (χ3v) is 4.23. The normalized spacial score (nSPS) is 28.5. The standard InChI is InChI=1S/C16H22N2O3/c19-13-8-3-1-2-6-11(13)18-16(20)15-10-17-12-7-4-5-9-14(12)21-15/h4-5,7,9,11,13,15,17,19H,1-3,6,8,10H2,(H,18,20). The van der Waals surface area contributed by atoms with Crippen molar-refractivity contribution in [3.8, 4) is 5.75 Å². The van der Waals surface area contributed by atoms with E-state index < -0.39 is 12.2 Å². The molecule has 3 atom stereocenters. The van der Waals surface area contributed by atoms with E-state index in [1.165, 1.54) is 0 Å². The Morgan fingerprint density at radius 1 is 1.24 bits per heavy atom. The maximum absolute atomic E-state index is 12.3. The predicted molar refractivity (Wildman–Crippen MR) is 80.4 cm³/mol. The van der Waals surface area contributed by atoms with Gasteiger partial charge in [0, 0.05) is 0 Å². The lowest BCUT2D eigenvalue weighted by Gasteiger charge is -2.29. The van der Waals surface area contributed by atoms with Crippen LogP contribution in [0.25, 0.3) is 0 Å². The van der Waals surface area contributed by atoms with Crippen molar-refractivity contribution >= 4 is 11.6 Å². The van der Waals surface area contributed by atoms with Gasteiger partial charge in [-0.15, -0.1) is 0 Å². The fraction of sp³-hybridized carbons (Fsp3) is 0.562. The quantitative estimate of drug-likeness (QED) is 0.725. The SMILES string of the molecule is O=C(NC1CCCCCC1O)C1CNc2ccccc2O1. The van der Waals surface area contributed by atoms with Crippen molar-refractivity contribution in [2.24, 2.45) is 0 Å². The molecule has 21 heavy (non-hydrogen) atoms. The Kier molecular flexibility index (Phi) is 4.29. The van der Waals surface area contributed by atoms with Crippen molar-refractivity contribution < 1.29 is 14.6 Å². The van der Waals surface area contributed by atoms with Crippen molar-refractivity contribution in [1.82, 2.24) is 5.32 Å². The molecule has 5 nitrogen and oxygen atoms in total. The van der Waals surface area contributed by atoms with Gasteiger partial charge in [0.15, 0.2) is 6.10 Å². The lowest BCUT2D eigenvalue weighted by atomic mass is 10.1. The highest BCUT2D eigenvalue weighted by Crippen LogP contribution is 2.28. The van der Waals surface area contributed by atoms with Crippen LogP contribution in [0.1, 0.15) is 32.1 Å². The monoisotopic (exact) mass is 290 g/mol. The van der Waals surface area contributed by atoms with E-state index in [2.05, 4.69) is 10.6 Å². The minimum Gasteiger partial charge on any atom is -0.477 e. The van der Waals surface area contributed by atoms with Crippen molar-refractivity contribution in [2.45, 2.75) is 50.4 Å². The molecule has 3 N–H and O–H groups in total. The van der Waals surface area contributed by atoms with E-state index in [1.807, 2.05) is 24.3 Å². The van der Waals surface area contributed by atoms with E-state index in [9.17, 15) is 9.90 Å². The van der Waals surface area contributed by atoms with Crippen LogP contribution < -0.4 is 15.4 Å². The molecule has 1 amide bonds. The van der Waals surface area contributed by atoms with Crippen molar-refractivity contribution in [2.75, 3.05) is 11.9 Å². The molecule has 0 bridgehead atoms. The molecular formula is C16H22N2O3. The third kappa shape index (κ3) is 3.29. The predicted octanol–water partition coefficient (Wildman–Crippen LogP) is 1.67. The highest BCUT2D eigenvalue weighted by molar-refractivity contribution is 5.83. The van der Waals surface area contributed by atoms with Crippen LogP contribution in [0, 0.1) is 0 Å². The number of carbonyl (C=O) groups is 1. The molecule has 1 aliphatic heterocycles. The van der Waals surface area contributed by atoms with E-state index >= 15 is 0 Å². The zero-order valence-corrected chi connectivity index (χ0v) is 12.0. The summed E-state index contributed by atoms with van der Waals surface area (Å²) in [5.41, 5.74) is 0.913. The van der Waals surface area contributed by atoms with Gasteiger partial charge in [0.05, 0.1) is 24.4 Å². The number of ether oxygens (including phenoxy) is 1. The molecule has 0 aromatic heterocycles. The number of hydrogen-bond acceptors (Lipinski definition) is 4. The first-order valence-electron chi connectivity index (χ1n) is 7.72. The molecule has 5 heteroatoms. The second kappa shape index (κ2) is 6.35. The summed E-state index contributed by atoms with van der Waals surface area (Å²) in [4.78, 5) is 12.3. The van der Waals surface area contributed by atoms with Crippen LogP contribution in [-0.2, 0) is 4.79 Å². The topological polar surface area (TPSA) is 70.6 Å². The van der Waals surface area contributed by atoms with Gasteiger partial charge in [0.1, 0.15) is 5.75 Å². The first-order valence-corrected chi connectivity index (χ1v) is 7.72. The molecule has 1 aromatic carbocycles. The molecule has 114 valence electrons. The largest absolute Gasteiger partial charge is 0.477 e. The molecular weight excluding hydrogens is 268 g/mol. The van der Waals surface area contributed by atoms with E-state index in [1.54, 1.807) is 0 Å². The summed E-state index contributed by atoms with van der Waals surface area (Å²) in [6.07, 6.45) is 3.81. The number of carbonyl (C=O) groups excluding carboxylic acids is 1. The average molecular weight is 290 g/mol. The van der Waals surface area contributed by atoms with Crippen molar-refractivity contribution in [1.29, 1.82) is 0 Å². The number of fused-ring (bicyclic) bond motifs is 1. The van der Waals surface area contributed by atoms with Crippen LogP contribution in [0.3, 0.4) is 0 Å². The van der Waals surface area contributed by atoms with Crippen LogP contribution in [0.2, 0.25) is 0 Å². The van der Waals surface area contributed by atoms with Crippen LogP contribution in [0.5, 0.6) is 5.75 Å². The van der Waals surface area contributed by atoms with Crippen molar-refractivity contribution in [3.05, 3.63) is 24.3 Å². The Morgan fingerprint density at radius 3 is 2.95 bits per heavy atom. The Bertz CT molecular complexity index is 506. The zero-order chi connectivity index (χ0) is 14.7. The summed E-state index contributed by atoms with van der Waals surface area (Å²) in [6.45, 7) is 0.450. The number of benzene rings is 1. The number of aliphatic hydroxyl groups is 1. The summed E-state index contributed by atoms with van der Waals surface area (Å²) in [5.74, 6) is 0.549. The minimum atomic E-state index is -0.546. The Hall–Kier alpha value is -1.75. The summed E-state index contributed by atoms with van der Waals surface area (Å²) >= 11 is 0. The maximum atomic E-state index is 12.3. The lowest BCUT2D eigenvalue weighted by molar-refractivity contribution is -0.129. The van der Waals surface area contributed by atoms with Gasteiger partial charge in [-0.05, 0) is 25.0 Å². The Morgan fingerprint density at radius 2 is 2.05 bits per heavy atom. The lowest BCUT2D eigenvalue weighted by Crippen LogP contribution is -2.51. The zero-order valence-electron chi connectivity index (χ0n) is 12.0. The molecule has 3 unspecified atom stereocenters. The number of para-hydroxylation sites is 2. The number of hydrogen-bond donors (Lipinski definition) is 3. The third-order valence-electron chi connectivity index (χ3n) is 4.23. The smallest absolute Gasteiger partial charge is 0.263 e. The molecule has 0 saturated heterocycles. The number of nitrogens with one attached hydrogen (secondary N) is 2. The van der Waals surface area contributed by atoms with Gasteiger partial charge in [0.25, 0.3) is 5.91 Å². The van der Waals surface area contributed by atoms with E-state index in [-0.39, 0.29) is 11.9 Å². The van der Waals surface area contributed by atoms with Crippen molar-refractivity contribution in [3.63, 3.8) is 0 Å². The van der Waals surface area contributed by atoms with Gasteiger partial charge in [0.2, 0.25) is 0 Å². The molecule has 1 fully saturated rings. The van der Waals surface area contributed by atoms with E-state index in [4.69, 9.17) is 4.74 Å². The fourth-order valence-corrected chi connectivity index (χ4v) is 2.99. The summed E-state index contributed by atoms with van der Waals surface area (Å²) < 4.78 is 5.75. The first-order chi connectivity index (χ1) is 10.2. The second-order valence-electron chi connectivity index (χ2n) is 5.80. The van der Waals surface area contributed by atoms with Crippen LogP contribution in [-0.4, -0.2) is 35.8 Å². The molecule has 3 rings (SSSR count). The van der Waals surface area contributed by atoms with Gasteiger partial charge in [-0.2, -0.15) is 0 Å². The molecule has 1 aromatic rings. The summed E-state index contributed by atoms with van der Waals surface area (Å²) in [5, 5.41) is 16.2. The minimum absolute atomic E-state index is 0.150. The molecule has 0 radical (unpaired) electrons. The van der Waals surface area contributed by atoms with Crippen LogP contribution in [0.15, 0.2) is 24.3 Å². The Balaban J connectivity index is 1.61. The summed E-state index contributed by atoms with van der Waals surface area (Å²) in [6, 6.07) is 7.44. The molecule has 1 heterocycles. The molecule has 2 aliphatic rings. The number of rotatable bonds is 2. The average Bonchev–Trinajstić information content (AvgIpc) is 2.72. The number of aliphatic hydroxyl groups excluding tert-OH is 1. The highest BCUT2D eigenvalue weighted by Gasteiger charge is 2.30. The van der Waals surface area contributed by atoms with Gasteiger partial charge >= 0.3 is 0 Å². The van der Waals surface area contributed by atoms with Gasteiger partial charge in [-0.1, -0.05) is 31.4 Å². The summed E-state index contributed by atoms with van der Waals surface area (Å²) in [7, 11) is 0. The Labute approximate surface area is 124 Å². The van der Waals surface area contributed by atoms with Gasteiger partial charge in [-0.3, -0.25) is 4.79 Å². The molecule has 0 spiro atoms. The fourth-order valence-electron chi connectivity index (χ4n) is 2.99. The van der Waals surface area contributed by atoms with E-state index in [0.29, 0.717) is 12.3 Å². The highest BCUT2D eigenvalue weighted by atomic mass is 16.5. The second-order valence-corrected chi connectivity index (χ2v) is 5.80. The van der Waals surface area contributed by atoms with Gasteiger partial charge in [-0.25, -0.2) is 0 Å². The van der Waals surface area contributed by atoms with Crippen LogP contribution >= 0.6 is 0 Å². The number of amides is 1.